The zero-order valence-corrected chi connectivity index (χ0v) is 10.6. The summed E-state index contributed by atoms with van der Waals surface area (Å²) in [5, 5.41) is 0. The Kier molecular flexibility index (Phi) is 6.39. The van der Waals surface area contributed by atoms with Crippen molar-refractivity contribution in [3.63, 3.8) is 0 Å². The Labute approximate surface area is 99.7 Å². The Balaban J connectivity index is 2.14. The summed E-state index contributed by atoms with van der Waals surface area (Å²) in [6.07, 6.45) is 10.2. The Morgan fingerprint density at radius 3 is 2.94 bits per heavy atom. The molecule has 1 saturated heterocycles. The van der Waals surface area contributed by atoms with Crippen LogP contribution < -0.4 is 0 Å². The smallest absolute Gasteiger partial charge is 0.131 e. The highest BCUT2D eigenvalue weighted by atomic mass is 16.1. The molecule has 0 saturated carbocycles. The van der Waals surface area contributed by atoms with Crippen LogP contribution in [0.2, 0.25) is 0 Å². The van der Waals surface area contributed by atoms with E-state index in [1.807, 2.05) is 6.08 Å². The van der Waals surface area contributed by atoms with Crippen molar-refractivity contribution in [3.05, 3.63) is 12.7 Å². The van der Waals surface area contributed by atoms with Crippen LogP contribution in [0.4, 0.5) is 0 Å². The van der Waals surface area contributed by atoms with Gasteiger partial charge in [0.1, 0.15) is 5.78 Å². The minimum absolute atomic E-state index is 0.337. The summed E-state index contributed by atoms with van der Waals surface area (Å²) in [7, 11) is 0. The van der Waals surface area contributed by atoms with Gasteiger partial charge in [-0.2, -0.15) is 0 Å². The maximum atomic E-state index is 11.1. The maximum absolute atomic E-state index is 11.1. The van der Waals surface area contributed by atoms with Gasteiger partial charge in [0.25, 0.3) is 0 Å². The summed E-state index contributed by atoms with van der Waals surface area (Å²) in [5.41, 5.74) is 0. The third kappa shape index (κ3) is 4.93. The molecule has 0 spiro atoms. The Morgan fingerprint density at radius 1 is 1.44 bits per heavy atom. The van der Waals surface area contributed by atoms with Crippen LogP contribution in [0.25, 0.3) is 0 Å². The van der Waals surface area contributed by atoms with Gasteiger partial charge in [-0.3, -0.25) is 9.69 Å². The number of likely N-dealkylation sites (tertiary alicyclic amines) is 1. The number of carbonyl (C=O) groups is 1. The minimum Gasteiger partial charge on any atom is -0.300 e. The second kappa shape index (κ2) is 7.61. The first kappa shape index (κ1) is 13.4. The van der Waals surface area contributed by atoms with E-state index in [2.05, 4.69) is 11.5 Å². The van der Waals surface area contributed by atoms with Crippen molar-refractivity contribution in [3.8, 4) is 0 Å². The van der Waals surface area contributed by atoms with E-state index in [1.54, 1.807) is 6.92 Å². The van der Waals surface area contributed by atoms with E-state index in [0.717, 1.165) is 12.8 Å². The largest absolute Gasteiger partial charge is 0.300 e. The predicted octanol–water partition coefficient (Wildman–Crippen LogP) is 3.18. The van der Waals surface area contributed by atoms with Crippen LogP contribution in [0.15, 0.2) is 12.7 Å². The summed E-state index contributed by atoms with van der Waals surface area (Å²) in [4.78, 5) is 13.6. The highest BCUT2D eigenvalue weighted by Gasteiger charge is 2.24. The molecule has 1 aliphatic heterocycles. The molecule has 1 rings (SSSR count). The van der Waals surface area contributed by atoms with Crippen LogP contribution in [0.5, 0.6) is 0 Å². The third-order valence-corrected chi connectivity index (χ3v) is 3.38. The molecule has 1 heterocycles. The Morgan fingerprint density at radius 2 is 2.25 bits per heavy atom. The standard InChI is InChI=1S/C14H25NO/c1-3-4-5-6-7-10-15-11-8-9-14(15)12-13(2)16/h3,14H,1,4-12H2,2H3. The number of Topliss-reactive ketones (excluding diaryl/α,β-unsaturated/α-hetero) is 1. The zero-order chi connectivity index (χ0) is 11.8. The van der Waals surface area contributed by atoms with Crippen molar-refractivity contribution in [2.75, 3.05) is 13.1 Å². The van der Waals surface area contributed by atoms with Crippen LogP contribution in [0.3, 0.4) is 0 Å². The lowest BCUT2D eigenvalue weighted by molar-refractivity contribution is -0.118. The zero-order valence-electron chi connectivity index (χ0n) is 10.6. The second-order valence-corrected chi connectivity index (χ2v) is 4.88. The number of ketones is 1. The second-order valence-electron chi connectivity index (χ2n) is 4.88. The van der Waals surface area contributed by atoms with E-state index in [1.165, 1.54) is 45.2 Å². The fraction of sp³-hybridized carbons (Fsp3) is 0.786. The number of rotatable bonds is 8. The van der Waals surface area contributed by atoms with Gasteiger partial charge in [-0.05, 0) is 52.1 Å². The highest BCUT2D eigenvalue weighted by molar-refractivity contribution is 5.76. The van der Waals surface area contributed by atoms with Crippen molar-refractivity contribution in [2.45, 2.75) is 57.9 Å². The van der Waals surface area contributed by atoms with Gasteiger partial charge in [0.05, 0.1) is 0 Å². The highest BCUT2D eigenvalue weighted by Crippen LogP contribution is 2.20. The molecule has 0 N–H and O–H groups in total. The van der Waals surface area contributed by atoms with Gasteiger partial charge in [-0.15, -0.1) is 6.58 Å². The van der Waals surface area contributed by atoms with Crippen LogP contribution in [-0.2, 0) is 4.79 Å². The van der Waals surface area contributed by atoms with E-state index in [9.17, 15) is 4.79 Å². The van der Waals surface area contributed by atoms with E-state index < -0.39 is 0 Å². The van der Waals surface area contributed by atoms with Crippen LogP contribution in [0.1, 0.15) is 51.9 Å². The molecule has 0 amide bonds. The molecule has 1 atom stereocenters. The molecule has 0 aromatic carbocycles. The summed E-state index contributed by atoms with van der Waals surface area (Å²) >= 11 is 0. The lowest BCUT2D eigenvalue weighted by Gasteiger charge is -2.23. The molecule has 0 aromatic heterocycles. The molecular weight excluding hydrogens is 198 g/mol. The normalized spacial score (nSPS) is 21.2. The van der Waals surface area contributed by atoms with Crippen molar-refractivity contribution < 1.29 is 4.79 Å². The Hall–Kier alpha value is -0.630. The molecule has 2 nitrogen and oxygen atoms in total. The minimum atomic E-state index is 0.337. The Bertz CT molecular complexity index is 225. The molecule has 92 valence electrons. The van der Waals surface area contributed by atoms with E-state index in [-0.39, 0.29) is 0 Å². The van der Waals surface area contributed by atoms with E-state index in [0.29, 0.717) is 11.8 Å². The average molecular weight is 223 g/mol. The fourth-order valence-corrected chi connectivity index (χ4v) is 2.53. The summed E-state index contributed by atoms with van der Waals surface area (Å²) in [6, 6.07) is 0.539. The number of nitrogens with zero attached hydrogens (tertiary/aromatic N) is 1. The van der Waals surface area contributed by atoms with Crippen molar-refractivity contribution in [2.24, 2.45) is 0 Å². The van der Waals surface area contributed by atoms with Gasteiger partial charge < -0.3 is 0 Å². The maximum Gasteiger partial charge on any atom is 0.131 e. The quantitative estimate of drug-likeness (QED) is 0.465. The number of unbranched alkanes of at least 4 members (excludes halogenated alkanes) is 3. The third-order valence-electron chi connectivity index (χ3n) is 3.38. The first-order chi connectivity index (χ1) is 7.74. The number of hydrogen-bond acceptors (Lipinski definition) is 2. The van der Waals surface area contributed by atoms with E-state index >= 15 is 0 Å². The van der Waals surface area contributed by atoms with Gasteiger partial charge in [-0.1, -0.05) is 12.5 Å². The molecule has 0 aliphatic carbocycles. The first-order valence-corrected chi connectivity index (χ1v) is 6.58. The monoisotopic (exact) mass is 223 g/mol. The average Bonchev–Trinajstić information content (AvgIpc) is 2.64. The topological polar surface area (TPSA) is 20.3 Å². The van der Waals surface area contributed by atoms with Gasteiger partial charge in [-0.25, -0.2) is 0 Å². The van der Waals surface area contributed by atoms with Gasteiger partial charge >= 0.3 is 0 Å². The van der Waals surface area contributed by atoms with Crippen LogP contribution in [0, 0.1) is 0 Å². The van der Waals surface area contributed by atoms with Crippen molar-refractivity contribution in [1.29, 1.82) is 0 Å². The molecule has 2 heteroatoms. The summed E-state index contributed by atoms with van der Waals surface area (Å²) in [6.45, 7) is 7.81. The molecular formula is C14H25NO. The molecule has 16 heavy (non-hydrogen) atoms. The number of carbonyl (C=O) groups excluding carboxylic acids is 1. The summed E-state index contributed by atoms with van der Waals surface area (Å²) in [5.74, 6) is 0.337. The molecule has 1 fully saturated rings. The molecule has 1 unspecified atom stereocenters. The SMILES string of the molecule is C=CCCCCCN1CCCC1CC(C)=O. The fourth-order valence-electron chi connectivity index (χ4n) is 2.53. The number of allylic oxidation sites excluding steroid dienone is 1. The van der Waals surface area contributed by atoms with Crippen LogP contribution >= 0.6 is 0 Å². The predicted molar refractivity (Wildman–Crippen MR) is 68.6 cm³/mol. The lowest BCUT2D eigenvalue weighted by atomic mass is 10.1. The van der Waals surface area contributed by atoms with Crippen LogP contribution in [-0.4, -0.2) is 29.8 Å². The van der Waals surface area contributed by atoms with Gasteiger partial charge in [0, 0.05) is 12.5 Å². The first-order valence-electron chi connectivity index (χ1n) is 6.58. The summed E-state index contributed by atoms with van der Waals surface area (Å²) < 4.78 is 0. The molecule has 0 bridgehead atoms. The lowest BCUT2D eigenvalue weighted by Crippen LogP contribution is -2.31. The van der Waals surface area contributed by atoms with E-state index in [4.69, 9.17) is 0 Å². The molecule has 1 aliphatic rings. The van der Waals surface area contributed by atoms with Gasteiger partial charge in [0.15, 0.2) is 0 Å². The molecule has 0 aromatic rings. The van der Waals surface area contributed by atoms with Crippen molar-refractivity contribution >= 4 is 5.78 Å². The molecule has 0 radical (unpaired) electrons. The van der Waals surface area contributed by atoms with Gasteiger partial charge in [0.2, 0.25) is 0 Å². The number of hydrogen-bond donors (Lipinski definition) is 0. The van der Waals surface area contributed by atoms with Crippen molar-refractivity contribution in [1.82, 2.24) is 4.90 Å².